The minimum atomic E-state index is -0.313. The van der Waals surface area contributed by atoms with E-state index in [1.807, 2.05) is 0 Å². The molecule has 0 unspecified atom stereocenters. The van der Waals surface area contributed by atoms with Gasteiger partial charge in [-0.25, -0.2) is 0 Å². The van der Waals surface area contributed by atoms with Crippen molar-refractivity contribution in [2.75, 3.05) is 6.54 Å². The molecule has 4 heteroatoms. The van der Waals surface area contributed by atoms with E-state index in [-0.39, 0.29) is 17.9 Å². The number of unbranched alkanes of at least 4 members (excludes halogenated alkanes) is 12. The number of hydrogen-bond acceptors (Lipinski definition) is 2. The van der Waals surface area contributed by atoms with Gasteiger partial charge in [0.2, 0.25) is 11.8 Å². The highest BCUT2D eigenvalue weighted by atomic mass is 16.2. The van der Waals surface area contributed by atoms with Crippen LogP contribution < -0.4 is 10.6 Å². The Morgan fingerprint density at radius 2 is 1.42 bits per heavy atom. The van der Waals surface area contributed by atoms with Crippen molar-refractivity contribution in [2.45, 2.75) is 122 Å². The number of carbonyl (C=O) groups excluding carboxylic acids is 2. The SMILES string of the molecule is CCCCCCCCCCCCCCCC(=O)N[C@@H]1CCCCNC1=O. The first-order valence-electron chi connectivity index (χ1n) is 11.3. The van der Waals surface area contributed by atoms with E-state index in [0.29, 0.717) is 6.42 Å². The molecule has 2 N–H and O–H groups in total. The molecule has 0 radical (unpaired) electrons. The molecule has 1 heterocycles. The fourth-order valence-electron chi connectivity index (χ4n) is 3.65. The summed E-state index contributed by atoms with van der Waals surface area (Å²) >= 11 is 0. The molecule has 4 nitrogen and oxygen atoms in total. The molecule has 1 aliphatic heterocycles. The fourth-order valence-corrected chi connectivity index (χ4v) is 3.65. The summed E-state index contributed by atoms with van der Waals surface area (Å²) in [5, 5.41) is 5.76. The van der Waals surface area contributed by atoms with Gasteiger partial charge in [-0.1, -0.05) is 84.0 Å². The first-order valence-corrected chi connectivity index (χ1v) is 11.3. The summed E-state index contributed by atoms with van der Waals surface area (Å²) in [5.41, 5.74) is 0. The van der Waals surface area contributed by atoms with Gasteiger partial charge in [0.05, 0.1) is 0 Å². The number of rotatable bonds is 15. The summed E-state index contributed by atoms with van der Waals surface area (Å²) in [6.45, 7) is 3.01. The molecule has 26 heavy (non-hydrogen) atoms. The largest absolute Gasteiger partial charge is 0.354 e. The van der Waals surface area contributed by atoms with Crippen molar-refractivity contribution in [3.8, 4) is 0 Å². The van der Waals surface area contributed by atoms with E-state index in [4.69, 9.17) is 0 Å². The van der Waals surface area contributed by atoms with Gasteiger partial charge in [0.1, 0.15) is 6.04 Å². The van der Waals surface area contributed by atoms with Crippen LogP contribution in [0.15, 0.2) is 0 Å². The normalized spacial score (nSPS) is 17.6. The molecule has 1 saturated heterocycles. The Bertz CT molecular complexity index is 371. The van der Waals surface area contributed by atoms with Crippen LogP contribution in [-0.2, 0) is 9.59 Å². The van der Waals surface area contributed by atoms with Crippen LogP contribution in [0, 0.1) is 0 Å². The van der Waals surface area contributed by atoms with Gasteiger partial charge in [0.15, 0.2) is 0 Å². The first-order chi connectivity index (χ1) is 12.7. The second-order valence-electron chi connectivity index (χ2n) is 7.90. The summed E-state index contributed by atoms with van der Waals surface area (Å²) in [6, 6.07) is -0.313. The van der Waals surface area contributed by atoms with Gasteiger partial charge in [-0.05, 0) is 25.7 Å². The topological polar surface area (TPSA) is 58.2 Å². The van der Waals surface area contributed by atoms with Crippen LogP contribution in [0.1, 0.15) is 116 Å². The van der Waals surface area contributed by atoms with Gasteiger partial charge in [-0.15, -0.1) is 0 Å². The van der Waals surface area contributed by atoms with Crippen molar-refractivity contribution in [1.29, 1.82) is 0 Å². The van der Waals surface area contributed by atoms with E-state index in [2.05, 4.69) is 17.6 Å². The van der Waals surface area contributed by atoms with Gasteiger partial charge in [-0.3, -0.25) is 9.59 Å². The van der Waals surface area contributed by atoms with E-state index < -0.39 is 0 Å². The summed E-state index contributed by atoms with van der Waals surface area (Å²) in [7, 11) is 0. The number of hydrogen-bond donors (Lipinski definition) is 2. The van der Waals surface area contributed by atoms with Crippen molar-refractivity contribution < 1.29 is 9.59 Å². The monoisotopic (exact) mass is 366 g/mol. The molecule has 1 aliphatic rings. The molecule has 0 spiro atoms. The Morgan fingerprint density at radius 3 is 2.00 bits per heavy atom. The van der Waals surface area contributed by atoms with Crippen LogP contribution in [-0.4, -0.2) is 24.4 Å². The molecule has 0 saturated carbocycles. The lowest BCUT2D eigenvalue weighted by Crippen LogP contribution is -2.45. The Labute approximate surface area is 161 Å². The molecule has 0 aliphatic carbocycles. The van der Waals surface area contributed by atoms with Gasteiger partial charge >= 0.3 is 0 Å². The third-order valence-corrected chi connectivity index (χ3v) is 5.38. The van der Waals surface area contributed by atoms with Crippen molar-refractivity contribution in [1.82, 2.24) is 10.6 Å². The molecule has 152 valence electrons. The molecule has 0 aromatic carbocycles. The molecule has 2 amide bonds. The van der Waals surface area contributed by atoms with Crippen LogP contribution in [0.4, 0.5) is 0 Å². The average molecular weight is 367 g/mol. The van der Waals surface area contributed by atoms with Gasteiger partial charge < -0.3 is 10.6 Å². The molecule has 1 rings (SSSR count). The van der Waals surface area contributed by atoms with E-state index in [1.54, 1.807) is 0 Å². The highest BCUT2D eigenvalue weighted by Crippen LogP contribution is 2.13. The van der Waals surface area contributed by atoms with Gasteiger partial charge in [0.25, 0.3) is 0 Å². The smallest absolute Gasteiger partial charge is 0.242 e. The highest BCUT2D eigenvalue weighted by molar-refractivity contribution is 5.87. The summed E-state index contributed by atoms with van der Waals surface area (Å²) in [6.07, 6.45) is 20.4. The standard InChI is InChI=1S/C22H42N2O2/c1-2-3-4-5-6-7-8-9-10-11-12-13-14-18-21(25)24-20-17-15-16-19-23-22(20)26/h20H,2-19H2,1H3,(H,23,26)(H,24,25)/t20-/m1/s1. The van der Waals surface area contributed by atoms with Crippen LogP contribution in [0.3, 0.4) is 0 Å². The molecule has 0 aromatic heterocycles. The van der Waals surface area contributed by atoms with Crippen molar-refractivity contribution in [3.63, 3.8) is 0 Å². The van der Waals surface area contributed by atoms with Crippen LogP contribution in [0.2, 0.25) is 0 Å². The Balaban J connectivity index is 1.86. The molecular weight excluding hydrogens is 324 g/mol. The van der Waals surface area contributed by atoms with E-state index in [1.165, 1.54) is 70.6 Å². The third kappa shape index (κ3) is 12.3. The van der Waals surface area contributed by atoms with Gasteiger partial charge in [0, 0.05) is 13.0 Å². The molecule has 1 atom stereocenters. The second-order valence-corrected chi connectivity index (χ2v) is 7.90. The lowest BCUT2D eigenvalue weighted by atomic mass is 10.0. The Hall–Kier alpha value is -1.06. The van der Waals surface area contributed by atoms with Crippen molar-refractivity contribution in [2.24, 2.45) is 0 Å². The highest BCUT2D eigenvalue weighted by Gasteiger charge is 2.21. The maximum absolute atomic E-state index is 12.0. The van der Waals surface area contributed by atoms with Gasteiger partial charge in [-0.2, -0.15) is 0 Å². The van der Waals surface area contributed by atoms with Crippen LogP contribution >= 0.6 is 0 Å². The average Bonchev–Trinajstić information content (AvgIpc) is 2.83. The van der Waals surface area contributed by atoms with E-state index in [0.717, 1.165) is 38.6 Å². The predicted octanol–water partition coefficient (Wildman–Crippen LogP) is 5.25. The zero-order chi connectivity index (χ0) is 18.9. The lowest BCUT2D eigenvalue weighted by Gasteiger charge is -2.15. The van der Waals surface area contributed by atoms with E-state index >= 15 is 0 Å². The fraction of sp³-hybridized carbons (Fsp3) is 0.909. The second kappa shape index (κ2) is 16.1. The van der Waals surface area contributed by atoms with E-state index in [9.17, 15) is 9.59 Å². The Kier molecular flexibility index (Phi) is 14.3. The predicted molar refractivity (Wildman–Crippen MR) is 109 cm³/mol. The number of nitrogens with one attached hydrogen (secondary N) is 2. The summed E-state index contributed by atoms with van der Waals surface area (Å²) in [4.78, 5) is 23.8. The van der Waals surface area contributed by atoms with Crippen molar-refractivity contribution in [3.05, 3.63) is 0 Å². The summed E-state index contributed by atoms with van der Waals surface area (Å²) in [5.74, 6) is 0.0244. The first kappa shape index (κ1) is 23.0. The summed E-state index contributed by atoms with van der Waals surface area (Å²) < 4.78 is 0. The Morgan fingerprint density at radius 1 is 0.885 bits per heavy atom. The minimum Gasteiger partial charge on any atom is -0.354 e. The van der Waals surface area contributed by atoms with Crippen LogP contribution in [0.5, 0.6) is 0 Å². The molecular formula is C22H42N2O2. The maximum atomic E-state index is 12.0. The van der Waals surface area contributed by atoms with Crippen LogP contribution in [0.25, 0.3) is 0 Å². The quantitative estimate of drug-likeness (QED) is 0.389. The number of carbonyl (C=O) groups is 2. The lowest BCUT2D eigenvalue weighted by molar-refractivity contribution is -0.128. The zero-order valence-corrected chi connectivity index (χ0v) is 17.1. The van der Waals surface area contributed by atoms with Crippen molar-refractivity contribution >= 4 is 11.8 Å². The molecule has 1 fully saturated rings. The number of amides is 2. The zero-order valence-electron chi connectivity index (χ0n) is 17.1. The molecule has 0 bridgehead atoms. The third-order valence-electron chi connectivity index (χ3n) is 5.38. The minimum absolute atomic E-state index is 0.0128. The molecule has 0 aromatic rings. The maximum Gasteiger partial charge on any atom is 0.242 e.